The Balaban J connectivity index is 1.48. The molecule has 2 atom stereocenters. The van der Waals surface area contributed by atoms with Gasteiger partial charge in [0, 0.05) is 25.8 Å². The van der Waals surface area contributed by atoms with Crippen LogP contribution in [-0.4, -0.2) is 60.8 Å². The SMILES string of the molecule is COCC(C)(C)c1ccnc(NCc2c(-c3ccc(O[C@H]4CCC[C@H](C(=O)O)C4)c(C)n3)nnn2C)n1. The summed E-state index contributed by atoms with van der Waals surface area (Å²) in [5.74, 6) is 0.0656. The number of methoxy groups -OCH3 is 1. The largest absolute Gasteiger partial charge is 0.489 e. The lowest BCUT2D eigenvalue weighted by molar-refractivity contribution is -0.143. The maximum absolute atomic E-state index is 11.4. The van der Waals surface area contributed by atoms with Gasteiger partial charge in [0.2, 0.25) is 5.95 Å². The summed E-state index contributed by atoms with van der Waals surface area (Å²) in [6.45, 7) is 6.99. The third-order valence-corrected chi connectivity index (χ3v) is 6.76. The number of ether oxygens (including phenoxy) is 2. The van der Waals surface area contributed by atoms with Crippen LogP contribution in [0.4, 0.5) is 5.95 Å². The van der Waals surface area contributed by atoms with Crippen LogP contribution in [-0.2, 0) is 28.5 Å². The number of nitrogens with zero attached hydrogens (tertiary/aromatic N) is 6. The minimum Gasteiger partial charge on any atom is -0.489 e. The van der Waals surface area contributed by atoms with Crippen molar-refractivity contribution in [1.82, 2.24) is 29.9 Å². The first-order chi connectivity index (χ1) is 17.7. The smallest absolute Gasteiger partial charge is 0.306 e. The molecule has 0 aromatic carbocycles. The van der Waals surface area contributed by atoms with Gasteiger partial charge in [0.25, 0.3) is 0 Å². The van der Waals surface area contributed by atoms with Gasteiger partial charge in [-0.2, -0.15) is 0 Å². The molecule has 0 saturated heterocycles. The first-order valence-electron chi connectivity index (χ1n) is 12.5. The molecule has 3 aromatic rings. The predicted molar refractivity (Wildman–Crippen MR) is 137 cm³/mol. The van der Waals surface area contributed by atoms with Crippen molar-refractivity contribution in [2.45, 2.75) is 64.5 Å². The Kier molecular flexibility index (Phi) is 8.01. The van der Waals surface area contributed by atoms with Gasteiger partial charge in [0.05, 0.1) is 47.9 Å². The van der Waals surface area contributed by atoms with Crippen molar-refractivity contribution in [3.05, 3.63) is 41.5 Å². The van der Waals surface area contributed by atoms with E-state index < -0.39 is 5.97 Å². The lowest BCUT2D eigenvalue weighted by atomic mass is 9.87. The molecule has 1 aliphatic carbocycles. The van der Waals surface area contributed by atoms with Crippen LogP contribution in [0.25, 0.3) is 11.4 Å². The van der Waals surface area contributed by atoms with E-state index >= 15 is 0 Å². The van der Waals surface area contributed by atoms with Crippen molar-refractivity contribution in [1.29, 1.82) is 0 Å². The van der Waals surface area contributed by atoms with E-state index in [2.05, 4.69) is 39.4 Å². The topological polar surface area (TPSA) is 137 Å². The number of aromatic nitrogens is 6. The molecule has 1 saturated carbocycles. The molecule has 0 radical (unpaired) electrons. The van der Waals surface area contributed by atoms with Crippen LogP contribution in [0.2, 0.25) is 0 Å². The van der Waals surface area contributed by atoms with Crippen molar-refractivity contribution in [3.8, 4) is 17.1 Å². The number of carboxylic acids is 1. The number of aryl methyl sites for hydroxylation is 2. The molecule has 11 heteroatoms. The zero-order valence-corrected chi connectivity index (χ0v) is 22.1. The van der Waals surface area contributed by atoms with Crippen molar-refractivity contribution in [2.75, 3.05) is 19.0 Å². The normalized spacial score (nSPS) is 18.0. The number of carboxylic acid groups (broad SMARTS) is 1. The highest BCUT2D eigenvalue weighted by Gasteiger charge is 2.29. The minimum absolute atomic E-state index is 0.123. The highest BCUT2D eigenvalue weighted by molar-refractivity contribution is 5.70. The molecule has 11 nitrogen and oxygen atoms in total. The maximum Gasteiger partial charge on any atom is 0.306 e. The molecule has 198 valence electrons. The molecular weight excluding hydrogens is 474 g/mol. The van der Waals surface area contributed by atoms with Gasteiger partial charge in [-0.05, 0) is 50.8 Å². The second-order valence-electron chi connectivity index (χ2n) is 10.2. The molecular formula is C26H35N7O4. The molecule has 0 amide bonds. The van der Waals surface area contributed by atoms with E-state index in [0.29, 0.717) is 49.1 Å². The Morgan fingerprint density at radius 3 is 2.78 bits per heavy atom. The van der Waals surface area contributed by atoms with E-state index in [-0.39, 0.29) is 17.4 Å². The van der Waals surface area contributed by atoms with Crippen molar-refractivity contribution in [3.63, 3.8) is 0 Å². The summed E-state index contributed by atoms with van der Waals surface area (Å²) in [5, 5.41) is 21.2. The van der Waals surface area contributed by atoms with E-state index in [1.54, 1.807) is 18.0 Å². The number of hydrogen-bond acceptors (Lipinski definition) is 9. The summed E-state index contributed by atoms with van der Waals surface area (Å²) in [7, 11) is 3.51. The molecule has 37 heavy (non-hydrogen) atoms. The van der Waals surface area contributed by atoms with E-state index in [0.717, 1.165) is 29.9 Å². The number of pyridine rings is 1. The second-order valence-corrected chi connectivity index (χ2v) is 10.2. The summed E-state index contributed by atoms with van der Waals surface area (Å²) >= 11 is 0. The van der Waals surface area contributed by atoms with Gasteiger partial charge < -0.3 is 19.9 Å². The van der Waals surface area contributed by atoms with Gasteiger partial charge in [0.1, 0.15) is 11.4 Å². The summed E-state index contributed by atoms with van der Waals surface area (Å²) in [6, 6.07) is 5.63. The highest BCUT2D eigenvalue weighted by Crippen LogP contribution is 2.30. The van der Waals surface area contributed by atoms with Crippen molar-refractivity contribution >= 4 is 11.9 Å². The number of aliphatic carboxylic acids is 1. The standard InChI is InChI=1S/C26H35N7O4/c1-16-21(37-18-8-6-7-17(13-18)24(34)35)10-9-19(29-16)23-20(33(4)32-31-23)14-28-25-27-12-11-22(30-25)26(2,3)15-36-5/h9-12,17-18H,6-8,13-15H2,1-5H3,(H,34,35)(H,27,28,30)/t17-,18-/m0/s1. The van der Waals surface area contributed by atoms with Gasteiger partial charge in [0.15, 0.2) is 0 Å². The first kappa shape index (κ1) is 26.5. The fourth-order valence-corrected chi connectivity index (χ4v) is 4.65. The monoisotopic (exact) mass is 509 g/mol. The van der Waals surface area contributed by atoms with Crippen LogP contribution in [0.15, 0.2) is 24.4 Å². The molecule has 0 aliphatic heterocycles. The van der Waals surface area contributed by atoms with E-state index in [1.165, 1.54) is 0 Å². The molecule has 4 rings (SSSR count). The zero-order chi connectivity index (χ0) is 26.6. The fraction of sp³-hybridized carbons (Fsp3) is 0.538. The van der Waals surface area contributed by atoms with Gasteiger partial charge >= 0.3 is 5.97 Å². The average molecular weight is 510 g/mol. The Morgan fingerprint density at radius 2 is 2.05 bits per heavy atom. The van der Waals surface area contributed by atoms with Gasteiger partial charge in [-0.15, -0.1) is 5.10 Å². The number of anilines is 1. The predicted octanol–water partition coefficient (Wildman–Crippen LogP) is 3.53. The average Bonchev–Trinajstić information content (AvgIpc) is 3.24. The lowest BCUT2D eigenvalue weighted by Gasteiger charge is -2.27. The summed E-state index contributed by atoms with van der Waals surface area (Å²) < 4.78 is 13.2. The Morgan fingerprint density at radius 1 is 1.24 bits per heavy atom. The molecule has 2 N–H and O–H groups in total. The number of carbonyl (C=O) groups is 1. The molecule has 0 spiro atoms. The Hall–Kier alpha value is -3.60. The molecule has 1 fully saturated rings. The van der Waals surface area contributed by atoms with E-state index in [1.807, 2.05) is 32.2 Å². The van der Waals surface area contributed by atoms with Crippen molar-refractivity contribution in [2.24, 2.45) is 13.0 Å². The summed E-state index contributed by atoms with van der Waals surface area (Å²) in [5.41, 5.74) is 3.53. The Bertz CT molecular complexity index is 1240. The molecule has 3 heterocycles. The van der Waals surface area contributed by atoms with Crippen LogP contribution < -0.4 is 10.1 Å². The summed E-state index contributed by atoms with van der Waals surface area (Å²) in [6.07, 6.45) is 4.52. The molecule has 3 aromatic heterocycles. The number of nitrogens with one attached hydrogen (secondary N) is 1. The van der Waals surface area contributed by atoms with Crippen LogP contribution in [0.5, 0.6) is 5.75 Å². The third kappa shape index (κ3) is 6.22. The van der Waals surface area contributed by atoms with Crippen molar-refractivity contribution < 1.29 is 19.4 Å². The second kappa shape index (κ2) is 11.2. The van der Waals surface area contributed by atoms with Crippen LogP contribution in [0, 0.1) is 12.8 Å². The van der Waals surface area contributed by atoms with E-state index in [9.17, 15) is 9.90 Å². The highest BCUT2D eigenvalue weighted by atomic mass is 16.5. The quantitative estimate of drug-likeness (QED) is 0.417. The van der Waals surface area contributed by atoms with Crippen LogP contribution in [0.3, 0.4) is 0 Å². The molecule has 0 bridgehead atoms. The Labute approximate surface area is 216 Å². The van der Waals surface area contributed by atoms with E-state index in [4.69, 9.17) is 14.5 Å². The maximum atomic E-state index is 11.4. The summed E-state index contributed by atoms with van der Waals surface area (Å²) in [4.78, 5) is 25.1. The number of hydrogen-bond donors (Lipinski definition) is 2. The number of rotatable bonds is 10. The minimum atomic E-state index is -0.752. The van der Waals surface area contributed by atoms with Gasteiger partial charge in [-0.25, -0.2) is 19.6 Å². The van der Waals surface area contributed by atoms with Gasteiger partial charge in [-0.3, -0.25) is 4.79 Å². The first-order valence-corrected chi connectivity index (χ1v) is 12.5. The fourth-order valence-electron chi connectivity index (χ4n) is 4.65. The molecule has 0 unspecified atom stereocenters. The third-order valence-electron chi connectivity index (χ3n) is 6.76. The zero-order valence-electron chi connectivity index (χ0n) is 22.1. The van der Waals surface area contributed by atoms with Crippen LogP contribution in [0.1, 0.15) is 56.6 Å². The van der Waals surface area contributed by atoms with Crippen LogP contribution >= 0.6 is 0 Å². The van der Waals surface area contributed by atoms with Gasteiger partial charge in [-0.1, -0.05) is 19.1 Å². The lowest BCUT2D eigenvalue weighted by Crippen LogP contribution is -2.29. The molecule has 1 aliphatic rings.